The number of hydrogen-bond acceptors (Lipinski definition) is 1. The van der Waals surface area contributed by atoms with E-state index in [2.05, 4.69) is 55.5 Å². The molecule has 78 valence electrons. The molecule has 14 heavy (non-hydrogen) atoms. The van der Waals surface area contributed by atoms with E-state index in [1.54, 1.807) is 0 Å². The summed E-state index contributed by atoms with van der Waals surface area (Å²) in [6.07, 6.45) is 0.168. The lowest BCUT2D eigenvalue weighted by Crippen LogP contribution is -2.27. The maximum atomic E-state index is 5.97. The van der Waals surface area contributed by atoms with Gasteiger partial charge in [-0.1, -0.05) is 52.9 Å². The molecular weight excluding hydrogens is 287 g/mol. The summed E-state index contributed by atoms with van der Waals surface area (Å²) in [6.45, 7) is 6.35. The summed E-state index contributed by atoms with van der Waals surface area (Å²) in [4.78, 5) is 0. The van der Waals surface area contributed by atoms with Gasteiger partial charge in [0.1, 0.15) is 0 Å². The molecule has 0 aliphatic rings. The Morgan fingerprint density at radius 3 is 2.36 bits per heavy atom. The van der Waals surface area contributed by atoms with Crippen LogP contribution in [0.15, 0.2) is 30.3 Å². The molecule has 0 N–H and O–H groups in total. The number of alkyl halides is 1. The Labute approximate surface area is 100.0 Å². The van der Waals surface area contributed by atoms with Gasteiger partial charge in [0.05, 0.1) is 11.7 Å². The minimum atomic E-state index is -0.0458. The summed E-state index contributed by atoms with van der Waals surface area (Å²) in [5.74, 6) is 0. The topological polar surface area (TPSA) is 9.23 Å². The molecule has 1 nitrogen and oxygen atoms in total. The maximum absolute atomic E-state index is 5.97. The molecule has 1 rings (SSSR count). The van der Waals surface area contributed by atoms with Crippen LogP contribution >= 0.6 is 22.6 Å². The lowest BCUT2D eigenvalue weighted by atomic mass is 10.1. The Balaban J connectivity index is 2.64. The highest BCUT2D eigenvalue weighted by molar-refractivity contribution is 14.1. The zero-order chi connectivity index (χ0) is 10.6. The molecule has 0 aliphatic carbocycles. The van der Waals surface area contributed by atoms with E-state index in [1.165, 1.54) is 5.56 Å². The van der Waals surface area contributed by atoms with Crippen LogP contribution in [0.4, 0.5) is 0 Å². The van der Waals surface area contributed by atoms with E-state index < -0.39 is 0 Å². The highest BCUT2D eigenvalue weighted by Crippen LogP contribution is 2.24. The Kier molecular flexibility index (Phi) is 4.38. The first kappa shape index (κ1) is 12.0. The third-order valence-corrected chi connectivity index (χ3v) is 3.92. The van der Waals surface area contributed by atoms with E-state index >= 15 is 0 Å². The van der Waals surface area contributed by atoms with Gasteiger partial charge in [0.25, 0.3) is 0 Å². The van der Waals surface area contributed by atoms with Crippen molar-refractivity contribution in [2.24, 2.45) is 0 Å². The van der Waals surface area contributed by atoms with Crippen LogP contribution in [-0.4, -0.2) is 10.0 Å². The van der Waals surface area contributed by atoms with E-state index in [9.17, 15) is 0 Å². The minimum Gasteiger partial charge on any atom is -0.367 e. The number of ether oxygens (including phenoxy) is 1. The molecule has 0 fully saturated rings. The van der Waals surface area contributed by atoms with Crippen LogP contribution in [0.3, 0.4) is 0 Å². The molecular formula is C12H17IO. The van der Waals surface area contributed by atoms with Crippen LogP contribution in [0.2, 0.25) is 0 Å². The van der Waals surface area contributed by atoms with Crippen LogP contribution < -0.4 is 0 Å². The molecule has 0 radical (unpaired) electrons. The summed E-state index contributed by atoms with van der Waals surface area (Å²) in [5.41, 5.74) is 1.20. The zero-order valence-corrected chi connectivity index (χ0v) is 11.1. The molecule has 0 heterocycles. The van der Waals surface area contributed by atoms with Crippen LogP contribution in [0.25, 0.3) is 0 Å². The van der Waals surface area contributed by atoms with Crippen molar-refractivity contribution < 1.29 is 4.74 Å². The van der Waals surface area contributed by atoms with E-state index in [0.29, 0.717) is 0 Å². The van der Waals surface area contributed by atoms with Gasteiger partial charge in [-0.2, -0.15) is 0 Å². The molecule has 2 heteroatoms. The van der Waals surface area contributed by atoms with Crippen molar-refractivity contribution in [3.8, 4) is 0 Å². The first-order chi connectivity index (χ1) is 6.55. The average Bonchev–Trinajstić information content (AvgIpc) is 2.19. The van der Waals surface area contributed by atoms with E-state index in [4.69, 9.17) is 4.74 Å². The Bertz CT molecular complexity index is 269. The van der Waals surface area contributed by atoms with Gasteiger partial charge >= 0.3 is 0 Å². The standard InChI is InChI=1S/C12H17IO/c1-10(14-12(2,3)9-13)11-7-5-4-6-8-11/h4-8,10H,9H2,1-3H3. The lowest BCUT2D eigenvalue weighted by Gasteiger charge is -2.27. The van der Waals surface area contributed by atoms with Crippen molar-refractivity contribution in [3.63, 3.8) is 0 Å². The molecule has 0 amide bonds. The SMILES string of the molecule is CC(OC(C)(C)CI)c1ccccc1. The fourth-order valence-corrected chi connectivity index (χ4v) is 1.48. The van der Waals surface area contributed by atoms with Crippen molar-refractivity contribution in [1.29, 1.82) is 0 Å². The summed E-state index contributed by atoms with van der Waals surface area (Å²) in [7, 11) is 0. The molecule has 0 aliphatic heterocycles. The molecule has 1 aromatic rings. The third-order valence-electron chi connectivity index (χ3n) is 2.09. The van der Waals surface area contributed by atoms with Crippen LogP contribution in [0.1, 0.15) is 32.4 Å². The quantitative estimate of drug-likeness (QED) is 0.604. The molecule has 1 unspecified atom stereocenters. The lowest BCUT2D eigenvalue weighted by molar-refractivity contribution is -0.0478. The Morgan fingerprint density at radius 1 is 1.29 bits per heavy atom. The highest BCUT2D eigenvalue weighted by atomic mass is 127. The first-order valence-corrected chi connectivity index (χ1v) is 6.36. The highest BCUT2D eigenvalue weighted by Gasteiger charge is 2.20. The second kappa shape index (κ2) is 5.12. The monoisotopic (exact) mass is 304 g/mol. The molecule has 0 spiro atoms. The predicted octanol–water partition coefficient (Wildman–Crippen LogP) is 3.98. The van der Waals surface area contributed by atoms with Crippen molar-refractivity contribution in [3.05, 3.63) is 35.9 Å². The van der Waals surface area contributed by atoms with Gasteiger partial charge in [-0.15, -0.1) is 0 Å². The van der Waals surface area contributed by atoms with E-state index in [1.807, 2.05) is 18.2 Å². The smallest absolute Gasteiger partial charge is 0.0804 e. The fraction of sp³-hybridized carbons (Fsp3) is 0.500. The van der Waals surface area contributed by atoms with Gasteiger partial charge in [0, 0.05) is 4.43 Å². The molecule has 0 bridgehead atoms. The van der Waals surface area contributed by atoms with Gasteiger partial charge in [0.15, 0.2) is 0 Å². The van der Waals surface area contributed by atoms with Gasteiger partial charge in [-0.3, -0.25) is 0 Å². The predicted molar refractivity (Wildman–Crippen MR) is 68.9 cm³/mol. The second-order valence-electron chi connectivity index (χ2n) is 4.06. The summed E-state index contributed by atoms with van der Waals surface area (Å²) < 4.78 is 6.97. The second-order valence-corrected chi connectivity index (χ2v) is 4.83. The number of halogens is 1. The van der Waals surface area contributed by atoms with Gasteiger partial charge in [-0.05, 0) is 26.3 Å². The van der Waals surface area contributed by atoms with E-state index in [-0.39, 0.29) is 11.7 Å². The van der Waals surface area contributed by atoms with Crippen molar-refractivity contribution in [2.45, 2.75) is 32.5 Å². The van der Waals surface area contributed by atoms with Crippen molar-refractivity contribution in [1.82, 2.24) is 0 Å². The maximum Gasteiger partial charge on any atom is 0.0804 e. The number of rotatable bonds is 4. The third kappa shape index (κ3) is 3.58. The average molecular weight is 304 g/mol. The van der Waals surface area contributed by atoms with Gasteiger partial charge in [0.2, 0.25) is 0 Å². The normalized spacial score (nSPS) is 14.0. The molecule has 0 aromatic heterocycles. The minimum absolute atomic E-state index is 0.0458. The largest absolute Gasteiger partial charge is 0.367 e. The molecule has 1 atom stereocenters. The van der Waals surface area contributed by atoms with Crippen molar-refractivity contribution >= 4 is 22.6 Å². The Morgan fingerprint density at radius 2 is 1.86 bits per heavy atom. The van der Waals surface area contributed by atoms with Crippen LogP contribution in [0.5, 0.6) is 0 Å². The van der Waals surface area contributed by atoms with Crippen molar-refractivity contribution in [2.75, 3.05) is 4.43 Å². The van der Waals surface area contributed by atoms with E-state index in [0.717, 1.165) is 4.43 Å². The molecule has 0 saturated heterocycles. The summed E-state index contributed by atoms with van der Waals surface area (Å²) in [6, 6.07) is 10.3. The van der Waals surface area contributed by atoms with Crippen LogP contribution in [0, 0.1) is 0 Å². The van der Waals surface area contributed by atoms with Crippen LogP contribution in [-0.2, 0) is 4.74 Å². The Hall–Kier alpha value is -0.0900. The number of benzene rings is 1. The van der Waals surface area contributed by atoms with Gasteiger partial charge < -0.3 is 4.74 Å². The van der Waals surface area contributed by atoms with Gasteiger partial charge in [-0.25, -0.2) is 0 Å². The first-order valence-electron chi connectivity index (χ1n) is 4.84. The molecule has 1 aromatic carbocycles. The number of hydrogen-bond donors (Lipinski definition) is 0. The molecule has 0 saturated carbocycles. The summed E-state index contributed by atoms with van der Waals surface area (Å²) in [5, 5.41) is 0. The fourth-order valence-electron chi connectivity index (χ4n) is 1.30. The summed E-state index contributed by atoms with van der Waals surface area (Å²) >= 11 is 2.36. The zero-order valence-electron chi connectivity index (χ0n) is 8.96.